The Bertz CT molecular complexity index is 184. The SMILES string of the molecule is C/C=C/c1cc[c]cc1. The molecule has 1 rings (SSSR count). The second kappa shape index (κ2) is 3.08. The average Bonchev–Trinajstić information content (AvgIpc) is 1.91. The highest BCUT2D eigenvalue weighted by atomic mass is 13.8. The third-order valence-corrected chi connectivity index (χ3v) is 1.10. The summed E-state index contributed by atoms with van der Waals surface area (Å²) in [6.45, 7) is 2.01. The van der Waals surface area contributed by atoms with Gasteiger partial charge in [-0.2, -0.15) is 0 Å². The number of benzene rings is 1. The minimum atomic E-state index is 1.23. The molecule has 0 fully saturated rings. The standard InChI is InChI=1S/C9H9/c1-2-6-9-7-4-3-5-8-9/h2,4-8H,1H3/b6-2+. The maximum Gasteiger partial charge on any atom is -0.0184 e. The number of allylic oxidation sites excluding steroid dienone is 1. The lowest BCUT2D eigenvalue weighted by Crippen LogP contribution is -1.65. The quantitative estimate of drug-likeness (QED) is 0.530. The maximum atomic E-state index is 2.96. The van der Waals surface area contributed by atoms with Crippen molar-refractivity contribution in [1.82, 2.24) is 0 Å². The minimum absolute atomic E-state index is 1.23. The van der Waals surface area contributed by atoms with Crippen LogP contribution in [0.15, 0.2) is 30.3 Å². The van der Waals surface area contributed by atoms with Crippen LogP contribution in [0, 0.1) is 6.07 Å². The molecule has 0 aliphatic rings. The summed E-state index contributed by atoms with van der Waals surface area (Å²) >= 11 is 0. The molecule has 0 heterocycles. The maximum absolute atomic E-state index is 2.96. The molecule has 0 N–H and O–H groups in total. The zero-order valence-electron chi connectivity index (χ0n) is 5.46. The number of hydrogen-bond donors (Lipinski definition) is 0. The normalized spacial score (nSPS) is 10.3. The molecule has 0 amide bonds. The minimum Gasteiger partial charge on any atom is -0.0871 e. The lowest BCUT2D eigenvalue weighted by atomic mass is 10.2. The molecule has 1 radical (unpaired) electrons. The summed E-state index contributed by atoms with van der Waals surface area (Å²) in [7, 11) is 0. The van der Waals surface area contributed by atoms with Gasteiger partial charge in [0, 0.05) is 0 Å². The van der Waals surface area contributed by atoms with Gasteiger partial charge in [-0.1, -0.05) is 36.4 Å². The molecule has 0 bridgehead atoms. The topological polar surface area (TPSA) is 0 Å². The van der Waals surface area contributed by atoms with Crippen molar-refractivity contribution in [3.05, 3.63) is 42.0 Å². The second-order valence-corrected chi connectivity index (χ2v) is 1.83. The van der Waals surface area contributed by atoms with E-state index in [0.717, 1.165) is 0 Å². The molecule has 1 aromatic carbocycles. The Balaban J connectivity index is 2.85. The summed E-state index contributed by atoms with van der Waals surface area (Å²) in [5.41, 5.74) is 1.23. The Hall–Kier alpha value is -1.04. The van der Waals surface area contributed by atoms with Crippen molar-refractivity contribution in [2.24, 2.45) is 0 Å². The highest BCUT2D eigenvalue weighted by Gasteiger charge is 1.78. The predicted octanol–water partition coefficient (Wildman–Crippen LogP) is 2.52. The van der Waals surface area contributed by atoms with Crippen molar-refractivity contribution in [3.8, 4) is 0 Å². The van der Waals surface area contributed by atoms with Gasteiger partial charge in [0.05, 0.1) is 0 Å². The van der Waals surface area contributed by atoms with E-state index in [1.54, 1.807) is 0 Å². The third-order valence-electron chi connectivity index (χ3n) is 1.10. The van der Waals surface area contributed by atoms with Gasteiger partial charge in [-0.15, -0.1) is 0 Å². The zero-order valence-corrected chi connectivity index (χ0v) is 5.46. The van der Waals surface area contributed by atoms with Crippen molar-refractivity contribution in [2.75, 3.05) is 0 Å². The van der Waals surface area contributed by atoms with E-state index in [1.807, 2.05) is 37.3 Å². The highest BCUT2D eigenvalue weighted by molar-refractivity contribution is 5.47. The van der Waals surface area contributed by atoms with Gasteiger partial charge < -0.3 is 0 Å². The Morgan fingerprint density at radius 2 is 2.00 bits per heavy atom. The summed E-state index contributed by atoms with van der Waals surface area (Å²) in [5, 5.41) is 0. The summed E-state index contributed by atoms with van der Waals surface area (Å²) < 4.78 is 0. The van der Waals surface area contributed by atoms with Gasteiger partial charge in [0.2, 0.25) is 0 Å². The third kappa shape index (κ3) is 1.73. The van der Waals surface area contributed by atoms with E-state index in [9.17, 15) is 0 Å². The van der Waals surface area contributed by atoms with E-state index in [2.05, 4.69) is 12.1 Å². The Morgan fingerprint density at radius 1 is 1.33 bits per heavy atom. The van der Waals surface area contributed by atoms with Crippen molar-refractivity contribution < 1.29 is 0 Å². The molecule has 0 saturated heterocycles. The van der Waals surface area contributed by atoms with Gasteiger partial charge in [0.1, 0.15) is 0 Å². The first-order valence-electron chi connectivity index (χ1n) is 3.02. The smallest absolute Gasteiger partial charge is 0.0184 e. The van der Waals surface area contributed by atoms with Gasteiger partial charge in [-0.25, -0.2) is 0 Å². The highest BCUT2D eigenvalue weighted by Crippen LogP contribution is 1.98. The fraction of sp³-hybridized carbons (Fsp3) is 0.111. The molecule has 9 heavy (non-hydrogen) atoms. The summed E-state index contributed by atoms with van der Waals surface area (Å²) in [6.07, 6.45) is 4.09. The van der Waals surface area contributed by atoms with Crippen molar-refractivity contribution in [1.29, 1.82) is 0 Å². The molecule has 0 unspecified atom stereocenters. The molecule has 0 spiro atoms. The van der Waals surface area contributed by atoms with E-state index in [1.165, 1.54) is 5.56 Å². The predicted molar refractivity (Wildman–Crippen MR) is 40.0 cm³/mol. The molecular formula is C9H9. The van der Waals surface area contributed by atoms with Crippen LogP contribution in [0.25, 0.3) is 6.08 Å². The van der Waals surface area contributed by atoms with E-state index in [4.69, 9.17) is 0 Å². The Labute approximate surface area is 55.8 Å². The summed E-state index contributed by atoms with van der Waals surface area (Å²) in [6, 6.07) is 10.8. The molecule has 0 saturated carbocycles. The van der Waals surface area contributed by atoms with Gasteiger partial charge >= 0.3 is 0 Å². The van der Waals surface area contributed by atoms with Crippen LogP contribution < -0.4 is 0 Å². The largest absolute Gasteiger partial charge is 0.0871 e. The molecule has 45 valence electrons. The van der Waals surface area contributed by atoms with Crippen LogP contribution in [0.2, 0.25) is 0 Å². The molecule has 1 aromatic rings. The molecule has 0 aliphatic heterocycles. The van der Waals surface area contributed by atoms with Crippen LogP contribution in [0.5, 0.6) is 0 Å². The van der Waals surface area contributed by atoms with Gasteiger partial charge in [-0.3, -0.25) is 0 Å². The first kappa shape index (κ1) is 6.09. The summed E-state index contributed by atoms with van der Waals surface area (Å²) in [4.78, 5) is 0. The van der Waals surface area contributed by atoms with E-state index in [-0.39, 0.29) is 0 Å². The molecule has 0 heteroatoms. The molecule has 0 aliphatic carbocycles. The van der Waals surface area contributed by atoms with Crippen LogP contribution in [-0.4, -0.2) is 0 Å². The molecule has 0 nitrogen and oxygen atoms in total. The number of hydrogen-bond acceptors (Lipinski definition) is 0. The number of rotatable bonds is 1. The van der Waals surface area contributed by atoms with Crippen LogP contribution in [-0.2, 0) is 0 Å². The van der Waals surface area contributed by atoms with Gasteiger partial charge in [0.25, 0.3) is 0 Å². The van der Waals surface area contributed by atoms with Crippen LogP contribution >= 0.6 is 0 Å². The fourth-order valence-corrected chi connectivity index (χ4v) is 0.703. The molecular weight excluding hydrogens is 108 g/mol. The molecule has 0 atom stereocenters. The van der Waals surface area contributed by atoms with E-state index < -0.39 is 0 Å². The van der Waals surface area contributed by atoms with Crippen molar-refractivity contribution in [2.45, 2.75) is 6.92 Å². The first-order valence-corrected chi connectivity index (χ1v) is 3.02. The lowest BCUT2D eigenvalue weighted by molar-refractivity contribution is 1.63. The second-order valence-electron chi connectivity index (χ2n) is 1.83. The van der Waals surface area contributed by atoms with E-state index in [0.29, 0.717) is 0 Å². The van der Waals surface area contributed by atoms with E-state index >= 15 is 0 Å². The first-order chi connectivity index (χ1) is 4.43. The van der Waals surface area contributed by atoms with Crippen molar-refractivity contribution in [3.63, 3.8) is 0 Å². The monoisotopic (exact) mass is 117 g/mol. The Morgan fingerprint density at radius 3 is 2.56 bits per heavy atom. The lowest BCUT2D eigenvalue weighted by Gasteiger charge is -1.86. The average molecular weight is 117 g/mol. The van der Waals surface area contributed by atoms with Gasteiger partial charge in [-0.05, 0) is 18.6 Å². The van der Waals surface area contributed by atoms with Gasteiger partial charge in [0.15, 0.2) is 0 Å². The molecule has 0 aromatic heterocycles. The van der Waals surface area contributed by atoms with Crippen LogP contribution in [0.3, 0.4) is 0 Å². The zero-order chi connectivity index (χ0) is 6.53. The van der Waals surface area contributed by atoms with Crippen LogP contribution in [0.1, 0.15) is 12.5 Å². The van der Waals surface area contributed by atoms with Crippen molar-refractivity contribution >= 4 is 6.08 Å². The summed E-state index contributed by atoms with van der Waals surface area (Å²) in [5.74, 6) is 0. The Kier molecular flexibility index (Phi) is 2.08. The fourth-order valence-electron chi connectivity index (χ4n) is 0.703. The van der Waals surface area contributed by atoms with Crippen LogP contribution in [0.4, 0.5) is 0 Å².